The zero-order valence-corrected chi connectivity index (χ0v) is 12.3. The van der Waals surface area contributed by atoms with Gasteiger partial charge in [-0.25, -0.2) is 0 Å². The van der Waals surface area contributed by atoms with Crippen LogP contribution in [0.5, 0.6) is 5.75 Å². The minimum Gasteiger partial charge on any atom is -0.490 e. The predicted molar refractivity (Wildman–Crippen MR) is 77.4 cm³/mol. The van der Waals surface area contributed by atoms with Gasteiger partial charge in [-0.05, 0) is 65.6 Å². The normalized spacial score (nSPS) is 16.3. The maximum Gasteiger partial charge on any atom is 0.169 e. The van der Waals surface area contributed by atoms with E-state index in [1.54, 1.807) is 0 Å². The number of halogens is 1. The SMILES string of the molecule is CNC(c1cccc(OC2CC2)c1)c1ccc(Br)o1. The third-order valence-corrected chi connectivity index (χ3v) is 3.61. The van der Waals surface area contributed by atoms with Crippen molar-refractivity contribution in [3.05, 3.63) is 52.4 Å². The van der Waals surface area contributed by atoms with Crippen molar-refractivity contribution in [2.75, 3.05) is 7.05 Å². The number of ether oxygens (including phenoxy) is 1. The van der Waals surface area contributed by atoms with Crippen LogP contribution in [0.4, 0.5) is 0 Å². The third kappa shape index (κ3) is 3.01. The highest BCUT2D eigenvalue weighted by atomic mass is 79.9. The van der Waals surface area contributed by atoms with Gasteiger partial charge in [-0.2, -0.15) is 0 Å². The maximum absolute atomic E-state index is 5.83. The fraction of sp³-hybridized carbons (Fsp3) is 0.333. The standard InChI is InChI=1S/C15H16BrNO2/c1-17-15(13-7-8-14(16)19-13)10-3-2-4-12(9-10)18-11-5-6-11/h2-4,7-9,11,15,17H,5-6H2,1H3. The van der Waals surface area contributed by atoms with E-state index in [1.807, 2.05) is 31.3 Å². The van der Waals surface area contributed by atoms with Crippen LogP contribution in [0.2, 0.25) is 0 Å². The van der Waals surface area contributed by atoms with E-state index in [1.165, 1.54) is 12.8 Å². The Morgan fingerprint density at radius 2 is 2.16 bits per heavy atom. The molecule has 3 rings (SSSR count). The van der Waals surface area contributed by atoms with Gasteiger partial charge in [0.15, 0.2) is 4.67 Å². The van der Waals surface area contributed by atoms with Gasteiger partial charge in [-0.15, -0.1) is 0 Å². The van der Waals surface area contributed by atoms with Crippen LogP contribution in [0, 0.1) is 0 Å². The minimum absolute atomic E-state index is 0.0362. The van der Waals surface area contributed by atoms with Crippen molar-refractivity contribution in [3.8, 4) is 5.75 Å². The molecule has 0 radical (unpaired) electrons. The van der Waals surface area contributed by atoms with Crippen LogP contribution in [0.3, 0.4) is 0 Å². The van der Waals surface area contributed by atoms with Crippen molar-refractivity contribution >= 4 is 15.9 Å². The van der Waals surface area contributed by atoms with E-state index >= 15 is 0 Å². The average Bonchev–Trinajstić information content (AvgIpc) is 3.12. The molecule has 1 aromatic carbocycles. The molecule has 1 unspecified atom stereocenters. The molecule has 0 saturated heterocycles. The number of nitrogens with one attached hydrogen (secondary N) is 1. The summed E-state index contributed by atoms with van der Waals surface area (Å²) in [5.74, 6) is 1.82. The molecular formula is C15H16BrNO2. The first kappa shape index (κ1) is 12.8. The summed E-state index contributed by atoms with van der Waals surface area (Å²) in [6.07, 6.45) is 2.76. The molecule has 1 saturated carbocycles. The number of hydrogen-bond acceptors (Lipinski definition) is 3. The fourth-order valence-corrected chi connectivity index (χ4v) is 2.42. The second kappa shape index (κ2) is 5.39. The van der Waals surface area contributed by atoms with Crippen molar-refractivity contribution in [1.82, 2.24) is 5.32 Å². The second-order valence-corrected chi connectivity index (χ2v) is 5.53. The van der Waals surface area contributed by atoms with Gasteiger partial charge in [0.1, 0.15) is 11.5 Å². The van der Waals surface area contributed by atoms with Gasteiger partial charge >= 0.3 is 0 Å². The molecule has 0 bridgehead atoms. The van der Waals surface area contributed by atoms with Gasteiger partial charge in [-0.3, -0.25) is 0 Å². The molecule has 4 heteroatoms. The summed E-state index contributed by atoms with van der Waals surface area (Å²) in [4.78, 5) is 0. The van der Waals surface area contributed by atoms with E-state index in [2.05, 4.69) is 33.4 Å². The summed E-state index contributed by atoms with van der Waals surface area (Å²) < 4.78 is 12.2. The van der Waals surface area contributed by atoms with Crippen molar-refractivity contribution in [2.45, 2.75) is 25.0 Å². The minimum atomic E-state index is 0.0362. The zero-order valence-electron chi connectivity index (χ0n) is 10.7. The van der Waals surface area contributed by atoms with E-state index < -0.39 is 0 Å². The van der Waals surface area contributed by atoms with Crippen molar-refractivity contribution in [1.29, 1.82) is 0 Å². The Bertz CT molecular complexity index is 563. The molecule has 1 N–H and O–H groups in total. The molecule has 2 aromatic rings. The first-order chi connectivity index (χ1) is 9.26. The second-order valence-electron chi connectivity index (χ2n) is 4.75. The molecule has 1 aliphatic carbocycles. The molecule has 1 atom stereocenters. The largest absolute Gasteiger partial charge is 0.490 e. The van der Waals surface area contributed by atoms with Crippen LogP contribution in [-0.4, -0.2) is 13.2 Å². The molecule has 1 fully saturated rings. The van der Waals surface area contributed by atoms with E-state index in [9.17, 15) is 0 Å². The molecule has 1 heterocycles. The Kier molecular flexibility index (Phi) is 3.62. The van der Waals surface area contributed by atoms with Gasteiger partial charge in [0.25, 0.3) is 0 Å². The topological polar surface area (TPSA) is 34.4 Å². The Balaban J connectivity index is 1.85. The van der Waals surface area contributed by atoms with Crippen LogP contribution in [0.25, 0.3) is 0 Å². The summed E-state index contributed by atoms with van der Waals surface area (Å²) in [6.45, 7) is 0. The Labute approximate surface area is 121 Å². The molecule has 0 amide bonds. The molecule has 0 aliphatic heterocycles. The lowest BCUT2D eigenvalue weighted by atomic mass is 10.0. The van der Waals surface area contributed by atoms with Crippen molar-refractivity contribution in [2.24, 2.45) is 0 Å². The predicted octanol–water partition coefficient (Wildman–Crippen LogP) is 3.89. The maximum atomic E-state index is 5.83. The van der Waals surface area contributed by atoms with E-state index in [4.69, 9.17) is 9.15 Å². The summed E-state index contributed by atoms with van der Waals surface area (Å²) in [5.41, 5.74) is 1.14. The van der Waals surface area contributed by atoms with Gasteiger partial charge in [-0.1, -0.05) is 12.1 Å². The molecular weight excluding hydrogens is 306 g/mol. The summed E-state index contributed by atoms with van der Waals surface area (Å²) >= 11 is 3.34. The monoisotopic (exact) mass is 321 g/mol. The smallest absolute Gasteiger partial charge is 0.169 e. The number of furan rings is 1. The molecule has 1 aromatic heterocycles. The van der Waals surface area contributed by atoms with Crippen LogP contribution >= 0.6 is 15.9 Å². The fourth-order valence-electron chi connectivity index (χ4n) is 2.10. The molecule has 0 spiro atoms. The Morgan fingerprint density at radius 1 is 1.32 bits per heavy atom. The summed E-state index contributed by atoms with van der Waals surface area (Å²) in [7, 11) is 1.93. The van der Waals surface area contributed by atoms with E-state index in [-0.39, 0.29) is 6.04 Å². The molecule has 1 aliphatic rings. The van der Waals surface area contributed by atoms with Crippen LogP contribution < -0.4 is 10.1 Å². The summed E-state index contributed by atoms with van der Waals surface area (Å²) in [6, 6.07) is 12.1. The lowest BCUT2D eigenvalue weighted by molar-refractivity contribution is 0.302. The highest BCUT2D eigenvalue weighted by molar-refractivity contribution is 9.10. The Morgan fingerprint density at radius 3 is 2.79 bits per heavy atom. The quantitative estimate of drug-likeness (QED) is 0.907. The third-order valence-electron chi connectivity index (χ3n) is 3.19. The average molecular weight is 322 g/mol. The summed E-state index contributed by atoms with van der Waals surface area (Å²) in [5, 5.41) is 3.27. The molecule has 3 nitrogen and oxygen atoms in total. The highest BCUT2D eigenvalue weighted by Crippen LogP contribution is 2.31. The van der Waals surface area contributed by atoms with Gasteiger partial charge in [0.05, 0.1) is 12.1 Å². The van der Waals surface area contributed by atoms with Gasteiger partial charge in [0, 0.05) is 0 Å². The number of hydrogen-bond donors (Lipinski definition) is 1. The van der Waals surface area contributed by atoms with Gasteiger partial charge in [0.2, 0.25) is 0 Å². The highest BCUT2D eigenvalue weighted by Gasteiger charge is 2.24. The lowest BCUT2D eigenvalue weighted by Crippen LogP contribution is -2.17. The van der Waals surface area contributed by atoms with E-state index in [0.717, 1.165) is 21.7 Å². The number of rotatable bonds is 5. The van der Waals surface area contributed by atoms with Gasteiger partial charge < -0.3 is 14.5 Å². The first-order valence-corrected chi connectivity index (χ1v) is 7.24. The van der Waals surface area contributed by atoms with Crippen molar-refractivity contribution < 1.29 is 9.15 Å². The van der Waals surface area contributed by atoms with Crippen LogP contribution in [0.1, 0.15) is 30.2 Å². The zero-order chi connectivity index (χ0) is 13.2. The lowest BCUT2D eigenvalue weighted by Gasteiger charge is -2.15. The van der Waals surface area contributed by atoms with Crippen LogP contribution in [-0.2, 0) is 0 Å². The first-order valence-electron chi connectivity index (χ1n) is 6.45. The molecule has 19 heavy (non-hydrogen) atoms. The van der Waals surface area contributed by atoms with Crippen LogP contribution in [0.15, 0.2) is 45.5 Å². The number of benzene rings is 1. The van der Waals surface area contributed by atoms with E-state index in [0.29, 0.717) is 6.10 Å². The Hall–Kier alpha value is -1.26. The van der Waals surface area contributed by atoms with Crippen molar-refractivity contribution in [3.63, 3.8) is 0 Å². The molecule has 100 valence electrons.